The summed E-state index contributed by atoms with van der Waals surface area (Å²) in [5, 5.41) is 1.52. The van der Waals surface area contributed by atoms with Gasteiger partial charge in [0.05, 0.1) is 27.9 Å². The molecule has 2 aromatic carbocycles. The van der Waals surface area contributed by atoms with Crippen LogP contribution in [-0.4, -0.2) is 79.7 Å². The standard InChI is InChI=1S/C27H30Cl2N4O4/c1-4-37-27(36)23-24(19-7-5-6-8-22(19)33(26(23)35)16-11-30(2)3)31-12-14-32(15-13-31)25(34)18-9-10-20(28)21(29)17-18/h5-10,17H,4,11-16H2,1-3H3. The monoisotopic (exact) mass is 544 g/mol. The lowest BCUT2D eigenvalue weighted by Crippen LogP contribution is -2.49. The molecule has 8 nitrogen and oxygen atoms in total. The van der Waals surface area contributed by atoms with E-state index in [1.54, 1.807) is 34.6 Å². The normalized spacial score (nSPS) is 13.9. The van der Waals surface area contributed by atoms with Crippen LogP contribution >= 0.6 is 23.2 Å². The van der Waals surface area contributed by atoms with Crippen molar-refractivity contribution in [1.29, 1.82) is 0 Å². The second-order valence-electron chi connectivity index (χ2n) is 9.13. The van der Waals surface area contributed by atoms with Crippen LogP contribution in [0.5, 0.6) is 0 Å². The number of piperazine rings is 1. The molecule has 0 bridgehead atoms. The highest BCUT2D eigenvalue weighted by molar-refractivity contribution is 6.42. The Bertz CT molecular complexity index is 1380. The number of halogens is 2. The summed E-state index contributed by atoms with van der Waals surface area (Å²) in [5.41, 5.74) is 1.43. The molecule has 0 N–H and O–H groups in total. The minimum absolute atomic E-state index is 0.0311. The van der Waals surface area contributed by atoms with Crippen LogP contribution in [0.3, 0.4) is 0 Å². The molecule has 0 aliphatic carbocycles. The number of benzene rings is 2. The van der Waals surface area contributed by atoms with E-state index in [-0.39, 0.29) is 23.6 Å². The van der Waals surface area contributed by atoms with Crippen molar-refractivity contribution in [2.75, 3.05) is 58.3 Å². The first kappa shape index (κ1) is 27.0. The number of esters is 1. The first-order valence-electron chi connectivity index (χ1n) is 12.2. The van der Waals surface area contributed by atoms with Crippen LogP contribution in [-0.2, 0) is 11.3 Å². The highest BCUT2D eigenvalue weighted by Crippen LogP contribution is 2.31. The Kier molecular flexibility index (Phi) is 8.42. The molecule has 0 unspecified atom stereocenters. The highest BCUT2D eigenvalue weighted by Gasteiger charge is 2.30. The Balaban J connectivity index is 1.71. The number of carbonyl (C=O) groups is 2. The zero-order chi connectivity index (χ0) is 26.7. The lowest BCUT2D eigenvalue weighted by atomic mass is 10.1. The van der Waals surface area contributed by atoms with E-state index in [4.69, 9.17) is 27.9 Å². The van der Waals surface area contributed by atoms with Crippen molar-refractivity contribution in [3.05, 3.63) is 74.0 Å². The third-order valence-electron chi connectivity index (χ3n) is 6.45. The van der Waals surface area contributed by atoms with Gasteiger partial charge in [0.1, 0.15) is 5.56 Å². The zero-order valence-electron chi connectivity index (χ0n) is 21.2. The predicted molar refractivity (Wildman–Crippen MR) is 147 cm³/mol. The summed E-state index contributed by atoms with van der Waals surface area (Å²) in [6, 6.07) is 12.4. The van der Waals surface area contributed by atoms with Crippen LogP contribution < -0.4 is 10.5 Å². The molecule has 10 heteroatoms. The van der Waals surface area contributed by atoms with Gasteiger partial charge in [-0.15, -0.1) is 0 Å². The maximum Gasteiger partial charge on any atom is 0.345 e. The Hall–Kier alpha value is -3.07. The van der Waals surface area contributed by atoms with Gasteiger partial charge in [-0.2, -0.15) is 0 Å². The number of pyridine rings is 1. The molecule has 3 aromatic rings. The number of carbonyl (C=O) groups excluding carboxylic acids is 2. The van der Waals surface area contributed by atoms with Crippen LogP contribution in [0, 0.1) is 0 Å². The average Bonchev–Trinajstić information content (AvgIpc) is 2.88. The van der Waals surface area contributed by atoms with Crippen molar-refractivity contribution >= 4 is 51.7 Å². The number of para-hydroxylation sites is 1. The molecule has 0 radical (unpaired) electrons. The van der Waals surface area contributed by atoms with Crippen LogP contribution in [0.1, 0.15) is 27.6 Å². The van der Waals surface area contributed by atoms with Crippen LogP contribution in [0.4, 0.5) is 5.69 Å². The number of aromatic nitrogens is 1. The Morgan fingerprint density at radius 1 is 1.00 bits per heavy atom. The molecule has 196 valence electrons. The Labute approximate surface area is 225 Å². The van der Waals surface area contributed by atoms with Crippen molar-refractivity contribution in [3.63, 3.8) is 0 Å². The third kappa shape index (κ3) is 5.61. The maximum absolute atomic E-state index is 13.7. The van der Waals surface area contributed by atoms with Crippen LogP contribution in [0.15, 0.2) is 47.3 Å². The number of nitrogens with zero attached hydrogens (tertiary/aromatic N) is 4. The Morgan fingerprint density at radius 2 is 1.70 bits per heavy atom. The smallest absolute Gasteiger partial charge is 0.345 e. The van der Waals surface area contributed by atoms with Gasteiger partial charge in [0.15, 0.2) is 0 Å². The lowest BCUT2D eigenvalue weighted by molar-refractivity contribution is 0.0523. The summed E-state index contributed by atoms with van der Waals surface area (Å²) < 4.78 is 6.98. The SMILES string of the molecule is CCOC(=O)c1c(N2CCN(C(=O)c3ccc(Cl)c(Cl)c3)CC2)c2ccccc2n(CCN(C)C)c1=O. The van der Waals surface area contributed by atoms with E-state index in [1.807, 2.05) is 48.2 Å². The van der Waals surface area contributed by atoms with E-state index >= 15 is 0 Å². The fourth-order valence-electron chi connectivity index (χ4n) is 4.57. The largest absolute Gasteiger partial charge is 0.462 e. The fraction of sp³-hybridized carbons (Fsp3) is 0.370. The molecule has 4 rings (SSSR count). The average molecular weight is 545 g/mol. The van der Waals surface area contributed by atoms with Crippen LogP contribution in [0.2, 0.25) is 10.0 Å². The van der Waals surface area contributed by atoms with Crippen molar-refractivity contribution in [1.82, 2.24) is 14.4 Å². The maximum atomic E-state index is 13.7. The molecular weight excluding hydrogens is 515 g/mol. The highest BCUT2D eigenvalue weighted by atomic mass is 35.5. The molecular formula is C27H30Cl2N4O4. The van der Waals surface area contributed by atoms with Gasteiger partial charge in [0.25, 0.3) is 11.5 Å². The van der Waals surface area contributed by atoms with E-state index in [0.717, 1.165) is 10.9 Å². The summed E-state index contributed by atoms with van der Waals surface area (Å²) >= 11 is 12.1. The van der Waals surface area contributed by atoms with Gasteiger partial charge >= 0.3 is 5.97 Å². The number of amides is 1. The predicted octanol–water partition coefficient (Wildman–Crippen LogP) is 4.01. The minimum atomic E-state index is -0.638. The molecule has 1 aliphatic heterocycles. The lowest BCUT2D eigenvalue weighted by Gasteiger charge is -2.37. The van der Waals surface area contributed by atoms with Gasteiger partial charge in [0, 0.05) is 50.2 Å². The van der Waals surface area contributed by atoms with Crippen molar-refractivity contribution in [2.24, 2.45) is 0 Å². The van der Waals surface area contributed by atoms with E-state index in [9.17, 15) is 14.4 Å². The molecule has 2 heterocycles. The number of hydrogen-bond donors (Lipinski definition) is 0. The second kappa shape index (κ2) is 11.5. The van der Waals surface area contributed by atoms with E-state index in [0.29, 0.717) is 60.6 Å². The molecule has 37 heavy (non-hydrogen) atoms. The van der Waals surface area contributed by atoms with Gasteiger partial charge in [-0.25, -0.2) is 4.79 Å². The van der Waals surface area contributed by atoms with E-state index in [2.05, 4.69) is 0 Å². The minimum Gasteiger partial charge on any atom is -0.462 e. The van der Waals surface area contributed by atoms with E-state index < -0.39 is 5.97 Å². The van der Waals surface area contributed by atoms with E-state index in [1.165, 1.54) is 0 Å². The van der Waals surface area contributed by atoms with Gasteiger partial charge in [-0.1, -0.05) is 41.4 Å². The van der Waals surface area contributed by atoms with Crippen molar-refractivity contribution in [2.45, 2.75) is 13.5 Å². The molecule has 0 atom stereocenters. The van der Waals surface area contributed by atoms with Gasteiger partial charge in [-0.05, 0) is 45.3 Å². The number of hydrogen-bond acceptors (Lipinski definition) is 6. The Morgan fingerprint density at radius 3 is 2.35 bits per heavy atom. The molecule has 1 aliphatic rings. The zero-order valence-corrected chi connectivity index (χ0v) is 22.7. The molecule has 0 saturated carbocycles. The van der Waals surface area contributed by atoms with Gasteiger partial charge < -0.3 is 24.0 Å². The van der Waals surface area contributed by atoms with Gasteiger partial charge in [-0.3, -0.25) is 9.59 Å². The number of rotatable bonds is 7. The first-order chi connectivity index (χ1) is 17.7. The van der Waals surface area contributed by atoms with Crippen molar-refractivity contribution < 1.29 is 14.3 Å². The summed E-state index contributed by atoms with van der Waals surface area (Å²) in [5.74, 6) is -0.783. The molecule has 1 amide bonds. The number of anilines is 1. The van der Waals surface area contributed by atoms with Gasteiger partial charge in [0.2, 0.25) is 0 Å². The molecule has 0 spiro atoms. The topological polar surface area (TPSA) is 75.1 Å². The summed E-state index contributed by atoms with van der Waals surface area (Å²) in [7, 11) is 3.87. The quantitative estimate of drug-likeness (QED) is 0.418. The molecule has 1 fully saturated rings. The van der Waals surface area contributed by atoms with Crippen molar-refractivity contribution in [3.8, 4) is 0 Å². The first-order valence-corrected chi connectivity index (χ1v) is 12.9. The second-order valence-corrected chi connectivity index (χ2v) is 9.94. The summed E-state index contributed by atoms with van der Waals surface area (Å²) in [6.45, 7) is 4.69. The molecule has 1 aromatic heterocycles. The fourth-order valence-corrected chi connectivity index (χ4v) is 4.87. The summed E-state index contributed by atoms with van der Waals surface area (Å²) in [6.07, 6.45) is 0. The summed E-state index contributed by atoms with van der Waals surface area (Å²) in [4.78, 5) is 45.7. The number of ether oxygens (including phenoxy) is 1. The number of likely N-dealkylation sites (N-methyl/N-ethyl adjacent to an activating group) is 1. The number of fused-ring (bicyclic) bond motifs is 1. The third-order valence-corrected chi connectivity index (χ3v) is 7.18. The molecule has 1 saturated heterocycles. The van der Waals surface area contributed by atoms with Crippen LogP contribution in [0.25, 0.3) is 10.9 Å².